The maximum atomic E-state index is 12.8. The van der Waals surface area contributed by atoms with Gasteiger partial charge in [0.25, 0.3) is 0 Å². The molecule has 0 aliphatic carbocycles. The number of ether oxygens (including phenoxy) is 1. The van der Waals surface area contributed by atoms with Gasteiger partial charge < -0.3 is 36.0 Å². The van der Waals surface area contributed by atoms with Crippen LogP contribution in [0.1, 0.15) is 25.1 Å². The molecule has 0 radical (unpaired) electrons. The predicted molar refractivity (Wildman–Crippen MR) is 194 cm³/mol. The number of pyridine rings is 1. The monoisotopic (exact) mass is 774 g/mol. The van der Waals surface area contributed by atoms with Crippen molar-refractivity contribution in [3.05, 3.63) is 24.2 Å². The number of amides is 3. The highest BCUT2D eigenvalue weighted by atomic mass is 16.5. The lowest BCUT2D eigenvalue weighted by atomic mass is 10.2. The molecule has 0 aromatic carbocycles. The number of hydrogen-bond donors (Lipinski definition) is 6. The molecule has 1 aliphatic heterocycles. The summed E-state index contributed by atoms with van der Waals surface area (Å²) < 4.78 is 5.51. The topological polar surface area (TPSA) is 286 Å². The second kappa shape index (κ2) is 24.2. The van der Waals surface area contributed by atoms with Gasteiger partial charge in [-0.1, -0.05) is 0 Å². The number of rotatable bonds is 20. The Morgan fingerprint density at radius 3 is 1.55 bits per heavy atom. The van der Waals surface area contributed by atoms with Crippen LogP contribution in [0.15, 0.2) is 18.3 Å². The van der Waals surface area contributed by atoms with E-state index >= 15 is 0 Å². The lowest BCUT2D eigenvalue weighted by Gasteiger charge is -2.32. The molecular formula is C33H50N12O10. The van der Waals surface area contributed by atoms with Gasteiger partial charge in [0, 0.05) is 78.3 Å². The van der Waals surface area contributed by atoms with Gasteiger partial charge in [0.15, 0.2) is 5.82 Å². The van der Waals surface area contributed by atoms with Crippen LogP contribution < -0.4 is 16.0 Å². The third-order valence-electron chi connectivity index (χ3n) is 8.17. The van der Waals surface area contributed by atoms with Crippen molar-refractivity contribution in [2.24, 2.45) is 0 Å². The van der Waals surface area contributed by atoms with E-state index in [9.17, 15) is 44.1 Å². The molecule has 1 fully saturated rings. The maximum Gasteiger partial charge on any atom is 0.317 e. The number of aryl methyl sites for hydroxylation is 1. The number of carboxylic acids is 3. The Bertz CT molecular complexity index is 1520. The fourth-order valence-electron chi connectivity index (χ4n) is 5.37. The summed E-state index contributed by atoms with van der Waals surface area (Å²) in [5.41, 5.74) is 0.939. The molecule has 2 aromatic rings. The number of nitrogens with one attached hydrogen (secondary N) is 3. The van der Waals surface area contributed by atoms with Crippen LogP contribution in [-0.4, -0.2) is 201 Å². The minimum atomic E-state index is -1.03. The first kappa shape index (κ1) is 44.1. The number of nitrogens with zero attached hydrogens (tertiary/aromatic N) is 9. The molecule has 22 heteroatoms. The average Bonchev–Trinajstić information content (AvgIpc) is 3.12. The van der Waals surface area contributed by atoms with E-state index in [1.807, 2.05) is 4.90 Å². The number of aromatic nitrogens is 5. The minimum absolute atomic E-state index is 0.0104. The van der Waals surface area contributed by atoms with E-state index in [0.29, 0.717) is 49.8 Å². The van der Waals surface area contributed by atoms with Gasteiger partial charge >= 0.3 is 17.9 Å². The van der Waals surface area contributed by atoms with Gasteiger partial charge in [-0.2, -0.15) is 0 Å². The van der Waals surface area contributed by atoms with Crippen LogP contribution in [-0.2, 0) is 33.5 Å². The molecule has 55 heavy (non-hydrogen) atoms. The van der Waals surface area contributed by atoms with Crippen LogP contribution in [0.3, 0.4) is 0 Å². The van der Waals surface area contributed by atoms with E-state index < -0.39 is 17.9 Å². The molecule has 3 heterocycles. The third-order valence-corrected chi connectivity index (χ3v) is 8.17. The van der Waals surface area contributed by atoms with Gasteiger partial charge in [0.2, 0.25) is 23.5 Å². The SMILES string of the molecule is Cc1nnc(-c2ccc(NC(=O)CCCC(=O)NCCOCCNC(=O)CN3CCN(CC(=O)O)CCN(CC(=O)O)CCN(CC(=O)O)CC3)cn2)nn1. The molecule has 0 unspecified atom stereocenters. The molecule has 1 aliphatic rings. The summed E-state index contributed by atoms with van der Waals surface area (Å²) in [4.78, 5) is 82.6. The summed E-state index contributed by atoms with van der Waals surface area (Å²) in [6.07, 6.45) is 2.08. The maximum absolute atomic E-state index is 12.8. The lowest BCUT2D eigenvalue weighted by Crippen LogP contribution is -2.50. The first-order chi connectivity index (χ1) is 26.4. The summed E-state index contributed by atoms with van der Waals surface area (Å²) in [5.74, 6) is -3.19. The van der Waals surface area contributed by atoms with E-state index in [1.165, 1.54) is 6.20 Å². The largest absolute Gasteiger partial charge is 0.480 e. The Kier molecular flexibility index (Phi) is 19.4. The molecule has 3 rings (SSSR count). The number of hydrogen-bond acceptors (Lipinski definition) is 16. The van der Waals surface area contributed by atoms with Gasteiger partial charge in [0.1, 0.15) is 5.69 Å². The first-order valence-electron chi connectivity index (χ1n) is 17.8. The molecule has 0 bridgehead atoms. The van der Waals surface area contributed by atoms with Crippen LogP contribution in [0.2, 0.25) is 0 Å². The van der Waals surface area contributed by atoms with Crippen molar-refractivity contribution >= 4 is 41.3 Å². The molecule has 22 nitrogen and oxygen atoms in total. The van der Waals surface area contributed by atoms with E-state index in [1.54, 1.807) is 33.8 Å². The molecule has 6 N–H and O–H groups in total. The molecule has 3 amide bonds. The molecule has 0 saturated carbocycles. The van der Waals surface area contributed by atoms with Crippen LogP contribution in [0.5, 0.6) is 0 Å². The molecule has 302 valence electrons. The summed E-state index contributed by atoms with van der Waals surface area (Å²) >= 11 is 0. The Labute approximate surface area is 317 Å². The first-order valence-corrected chi connectivity index (χ1v) is 17.8. The Morgan fingerprint density at radius 1 is 0.636 bits per heavy atom. The number of aliphatic carboxylic acids is 3. The molecule has 0 spiro atoms. The quantitative estimate of drug-likeness (QED) is 0.0756. The van der Waals surface area contributed by atoms with Crippen molar-refractivity contribution < 1.29 is 48.8 Å². The fraction of sp³-hybridized carbons (Fsp3) is 0.606. The zero-order valence-corrected chi connectivity index (χ0v) is 30.9. The Morgan fingerprint density at radius 2 is 1.09 bits per heavy atom. The molecule has 1 saturated heterocycles. The number of carbonyl (C=O) groups is 6. The molecule has 2 aromatic heterocycles. The highest BCUT2D eigenvalue weighted by Gasteiger charge is 2.21. The van der Waals surface area contributed by atoms with E-state index in [0.717, 1.165) is 0 Å². The summed E-state index contributed by atoms with van der Waals surface area (Å²) in [6, 6.07) is 3.29. The van der Waals surface area contributed by atoms with Crippen LogP contribution in [0.25, 0.3) is 11.5 Å². The zero-order chi connectivity index (χ0) is 40.0. The van der Waals surface area contributed by atoms with Crippen LogP contribution in [0.4, 0.5) is 5.69 Å². The lowest BCUT2D eigenvalue weighted by molar-refractivity contribution is -0.140. The van der Waals surface area contributed by atoms with Crippen molar-refractivity contribution in [1.82, 2.24) is 55.6 Å². The zero-order valence-electron chi connectivity index (χ0n) is 30.9. The van der Waals surface area contributed by atoms with E-state index in [2.05, 4.69) is 41.3 Å². The summed E-state index contributed by atoms with van der Waals surface area (Å²) in [7, 11) is 0. The van der Waals surface area contributed by atoms with Crippen molar-refractivity contribution in [3.63, 3.8) is 0 Å². The number of carboxylic acid groups (broad SMARTS) is 3. The highest BCUT2D eigenvalue weighted by Crippen LogP contribution is 2.14. The summed E-state index contributed by atoms with van der Waals surface area (Å²) in [5, 5.41) is 51.8. The Hall–Kier alpha value is -5.29. The third kappa shape index (κ3) is 19.0. The van der Waals surface area contributed by atoms with Crippen LogP contribution >= 0.6 is 0 Å². The van der Waals surface area contributed by atoms with Crippen LogP contribution in [0, 0.1) is 6.92 Å². The second-order valence-corrected chi connectivity index (χ2v) is 12.7. The summed E-state index contributed by atoms with van der Waals surface area (Å²) in [6.45, 7) is 4.13. The second-order valence-electron chi connectivity index (χ2n) is 12.7. The van der Waals surface area contributed by atoms with Crippen molar-refractivity contribution in [2.75, 3.05) is 110 Å². The predicted octanol–water partition coefficient (Wildman–Crippen LogP) is -2.53. The Balaban J connectivity index is 1.31. The normalized spacial score (nSPS) is 15.3. The highest BCUT2D eigenvalue weighted by molar-refractivity contribution is 5.91. The smallest absolute Gasteiger partial charge is 0.317 e. The average molecular weight is 775 g/mol. The minimum Gasteiger partial charge on any atom is -0.480 e. The van der Waals surface area contributed by atoms with Gasteiger partial charge in [0.05, 0.1) is 51.3 Å². The number of anilines is 1. The van der Waals surface area contributed by atoms with Crippen molar-refractivity contribution in [1.29, 1.82) is 0 Å². The molecule has 0 atom stereocenters. The van der Waals surface area contributed by atoms with Crippen molar-refractivity contribution in [2.45, 2.75) is 26.2 Å². The van der Waals surface area contributed by atoms with Gasteiger partial charge in [-0.15, -0.1) is 20.4 Å². The van der Waals surface area contributed by atoms with Gasteiger partial charge in [-0.05, 0) is 25.5 Å². The van der Waals surface area contributed by atoms with Gasteiger partial charge in [-0.25, -0.2) is 0 Å². The molecular weight excluding hydrogens is 724 g/mol. The van der Waals surface area contributed by atoms with Gasteiger partial charge in [-0.3, -0.25) is 53.4 Å². The van der Waals surface area contributed by atoms with E-state index in [4.69, 9.17) is 4.74 Å². The standard InChI is InChI=1S/C33H50N12O10/c1-24-38-40-33(41-39-24)26-6-5-25(19-36-26)37-28(47)4-2-3-27(46)34-7-17-55-18-8-35-29(48)20-42-9-11-43(21-30(49)50)13-15-45(23-32(53)54)16-14-44(12-10-42)22-31(51)52/h5-6,19H,2-4,7-18,20-23H2,1H3,(H,34,46)(H,35,48)(H,37,47)(H,49,50)(H,51,52)(H,53,54). The fourth-order valence-corrected chi connectivity index (χ4v) is 5.37. The van der Waals surface area contributed by atoms with E-state index in [-0.39, 0.29) is 115 Å². The van der Waals surface area contributed by atoms with Crippen molar-refractivity contribution in [3.8, 4) is 11.5 Å². The number of carbonyl (C=O) groups excluding carboxylic acids is 3.